The molecule has 1 atom stereocenters. The van der Waals surface area contributed by atoms with Crippen LogP contribution in [0.4, 0.5) is 4.79 Å². The number of likely N-dealkylation sites (tertiary alicyclic amines) is 1. The summed E-state index contributed by atoms with van der Waals surface area (Å²) in [5, 5.41) is 5.74. The molecule has 2 rings (SSSR count). The van der Waals surface area contributed by atoms with Crippen molar-refractivity contribution in [2.45, 2.75) is 45.2 Å². The maximum Gasteiger partial charge on any atom is 0.315 e. The monoisotopic (exact) mass is 381 g/mol. The lowest BCUT2D eigenvalue weighted by Gasteiger charge is -2.32. The van der Waals surface area contributed by atoms with Crippen LogP contribution in [0.1, 0.15) is 32.8 Å². The highest BCUT2D eigenvalue weighted by Gasteiger charge is 2.36. The number of benzene rings is 1. The molecule has 1 aromatic carbocycles. The summed E-state index contributed by atoms with van der Waals surface area (Å²) in [5.74, 6) is 0.0944. The number of nitrogens with one attached hydrogen (secondary N) is 2. The van der Waals surface area contributed by atoms with Crippen LogP contribution in [0.3, 0.4) is 0 Å². The van der Waals surface area contributed by atoms with Crippen molar-refractivity contribution >= 4 is 27.9 Å². The van der Waals surface area contributed by atoms with Crippen molar-refractivity contribution in [3.05, 3.63) is 34.3 Å². The third kappa shape index (κ3) is 5.23. The van der Waals surface area contributed by atoms with Crippen LogP contribution < -0.4 is 10.6 Å². The van der Waals surface area contributed by atoms with Gasteiger partial charge in [0.1, 0.15) is 0 Å². The third-order valence-corrected chi connectivity index (χ3v) is 4.35. The molecule has 0 aromatic heterocycles. The van der Waals surface area contributed by atoms with Gasteiger partial charge in [-0.25, -0.2) is 4.79 Å². The van der Waals surface area contributed by atoms with Gasteiger partial charge in [-0.2, -0.15) is 0 Å². The van der Waals surface area contributed by atoms with E-state index in [0.29, 0.717) is 19.5 Å². The molecule has 0 radical (unpaired) electrons. The topological polar surface area (TPSA) is 61.4 Å². The highest BCUT2D eigenvalue weighted by Crippen LogP contribution is 2.21. The predicted octanol–water partition coefficient (Wildman–Crippen LogP) is 2.69. The molecule has 3 amide bonds. The van der Waals surface area contributed by atoms with Crippen molar-refractivity contribution in [3.8, 4) is 0 Å². The van der Waals surface area contributed by atoms with Gasteiger partial charge in [0.25, 0.3) is 0 Å². The zero-order valence-electron chi connectivity index (χ0n) is 13.9. The van der Waals surface area contributed by atoms with Crippen LogP contribution in [0.2, 0.25) is 0 Å². The number of carbonyl (C=O) groups excluding carboxylic acids is 2. The fourth-order valence-corrected chi connectivity index (χ4v) is 3.15. The highest BCUT2D eigenvalue weighted by atomic mass is 79.9. The molecule has 0 saturated carbocycles. The molecule has 1 aromatic rings. The molecule has 1 aliphatic heterocycles. The van der Waals surface area contributed by atoms with Gasteiger partial charge in [0.05, 0.1) is 6.04 Å². The summed E-state index contributed by atoms with van der Waals surface area (Å²) < 4.78 is 1.03. The van der Waals surface area contributed by atoms with Crippen molar-refractivity contribution in [3.63, 3.8) is 0 Å². The number of nitrogens with zero attached hydrogens (tertiary/aromatic N) is 1. The zero-order chi connectivity index (χ0) is 17.0. The first kappa shape index (κ1) is 17.8. The molecule has 6 heteroatoms. The predicted molar refractivity (Wildman–Crippen MR) is 94.3 cm³/mol. The van der Waals surface area contributed by atoms with Crippen LogP contribution in [0, 0.1) is 0 Å². The molecule has 126 valence electrons. The summed E-state index contributed by atoms with van der Waals surface area (Å²) in [4.78, 5) is 25.8. The van der Waals surface area contributed by atoms with Crippen molar-refractivity contribution in [1.82, 2.24) is 15.5 Å². The Kier molecular flexibility index (Phi) is 5.68. The lowest BCUT2D eigenvalue weighted by molar-refractivity contribution is -0.131. The minimum Gasteiger partial charge on any atom is -0.338 e. The number of amides is 3. The second kappa shape index (κ2) is 7.34. The SMILES string of the molecule is CC(C)(C)N1CC(NC(=O)NCCc2cccc(Br)c2)CC1=O. The first-order valence-corrected chi connectivity index (χ1v) is 8.64. The van der Waals surface area contributed by atoms with Crippen LogP contribution in [-0.4, -0.2) is 41.5 Å². The molecule has 0 bridgehead atoms. The Labute approximate surface area is 145 Å². The molecular formula is C17H24BrN3O2. The van der Waals surface area contributed by atoms with E-state index < -0.39 is 0 Å². The highest BCUT2D eigenvalue weighted by molar-refractivity contribution is 9.10. The van der Waals surface area contributed by atoms with Gasteiger partial charge in [0.2, 0.25) is 5.91 Å². The van der Waals surface area contributed by atoms with Gasteiger partial charge < -0.3 is 15.5 Å². The Morgan fingerprint density at radius 2 is 2.13 bits per heavy atom. The molecule has 1 unspecified atom stereocenters. The maximum atomic E-state index is 12.0. The van der Waals surface area contributed by atoms with E-state index in [1.807, 2.05) is 49.9 Å². The maximum absolute atomic E-state index is 12.0. The van der Waals surface area contributed by atoms with Crippen LogP contribution >= 0.6 is 15.9 Å². The molecule has 5 nitrogen and oxygen atoms in total. The fraction of sp³-hybridized carbons (Fsp3) is 0.529. The van der Waals surface area contributed by atoms with E-state index in [4.69, 9.17) is 0 Å². The number of hydrogen-bond donors (Lipinski definition) is 2. The summed E-state index contributed by atoms with van der Waals surface area (Å²) in [6.45, 7) is 7.15. The molecule has 2 N–H and O–H groups in total. The number of carbonyl (C=O) groups is 2. The fourth-order valence-electron chi connectivity index (χ4n) is 2.70. The largest absolute Gasteiger partial charge is 0.338 e. The summed E-state index contributed by atoms with van der Waals surface area (Å²) in [5.41, 5.74) is 0.958. The first-order valence-electron chi connectivity index (χ1n) is 7.85. The van der Waals surface area contributed by atoms with Crippen molar-refractivity contribution < 1.29 is 9.59 Å². The molecule has 1 aliphatic rings. The number of urea groups is 1. The number of halogens is 1. The minimum absolute atomic E-state index is 0.0944. The zero-order valence-corrected chi connectivity index (χ0v) is 15.4. The van der Waals surface area contributed by atoms with E-state index in [9.17, 15) is 9.59 Å². The molecule has 0 aliphatic carbocycles. The van der Waals surface area contributed by atoms with E-state index in [2.05, 4.69) is 26.6 Å². The molecule has 1 heterocycles. The van der Waals surface area contributed by atoms with Gasteiger partial charge in [-0.15, -0.1) is 0 Å². The Bertz CT molecular complexity index is 583. The Balaban J connectivity index is 1.74. The Hall–Kier alpha value is -1.56. The van der Waals surface area contributed by atoms with Gasteiger partial charge in [-0.05, 0) is 44.9 Å². The second-order valence-corrected chi connectivity index (χ2v) is 7.77. The van der Waals surface area contributed by atoms with E-state index in [1.165, 1.54) is 0 Å². The quantitative estimate of drug-likeness (QED) is 0.841. The average Bonchev–Trinajstić information content (AvgIpc) is 2.79. The summed E-state index contributed by atoms with van der Waals surface area (Å²) in [7, 11) is 0. The average molecular weight is 382 g/mol. The lowest BCUT2D eigenvalue weighted by atomic mass is 10.1. The smallest absolute Gasteiger partial charge is 0.315 e. The van der Waals surface area contributed by atoms with E-state index >= 15 is 0 Å². The van der Waals surface area contributed by atoms with Gasteiger partial charge in [-0.1, -0.05) is 28.1 Å². The van der Waals surface area contributed by atoms with Crippen LogP contribution in [0.15, 0.2) is 28.7 Å². The minimum atomic E-state index is -0.214. The van der Waals surface area contributed by atoms with E-state index in [1.54, 1.807) is 0 Å². The number of hydrogen-bond acceptors (Lipinski definition) is 2. The van der Waals surface area contributed by atoms with E-state index in [0.717, 1.165) is 16.5 Å². The van der Waals surface area contributed by atoms with E-state index in [-0.39, 0.29) is 23.5 Å². The first-order chi connectivity index (χ1) is 10.8. The molecule has 1 saturated heterocycles. The van der Waals surface area contributed by atoms with Crippen molar-refractivity contribution in [2.24, 2.45) is 0 Å². The number of rotatable bonds is 4. The standard InChI is InChI=1S/C17H24BrN3O2/c1-17(2,3)21-11-14(10-15(21)22)20-16(23)19-8-7-12-5-4-6-13(18)9-12/h4-6,9,14H,7-8,10-11H2,1-3H3,(H2,19,20,23). The lowest BCUT2D eigenvalue weighted by Crippen LogP contribution is -2.46. The van der Waals surface area contributed by atoms with Gasteiger partial charge in [0.15, 0.2) is 0 Å². The van der Waals surface area contributed by atoms with Crippen molar-refractivity contribution in [1.29, 1.82) is 0 Å². The molecular weight excluding hydrogens is 358 g/mol. The molecule has 23 heavy (non-hydrogen) atoms. The van der Waals surface area contributed by atoms with Crippen LogP contribution in [-0.2, 0) is 11.2 Å². The summed E-state index contributed by atoms with van der Waals surface area (Å²) >= 11 is 3.43. The normalized spacial score (nSPS) is 18.2. The Morgan fingerprint density at radius 1 is 1.39 bits per heavy atom. The van der Waals surface area contributed by atoms with Gasteiger partial charge in [-0.3, -0.25) is 4.79 Å². The third-order valence-electron chi connectivity index (χ3n) is 3.86. The van der Waals surface area contributed by atoms with Crippen molar-refractivity contribution in [2.75, 3.05) is 13.1 Å². The van der Waals surface area contributed by atoms with Gasteiger partial charge >= 0.3 is 6.03 Å². The summed E-state index contributed by atoms with van der Waals surface area (Å²) in [6.07, 6.45) is 1.14. The van der Waals surface area contributed by atoms with Gasteiger partial charge in [0, 0.05) is 29.5 Å². The van der Waals surface area contributed by atoms with Crippen LogP contribution in [0.25, 0.3) is 0 Å². The Morgan fingerprint density at radius 3 is 2.74 bits per heavy atom. The summed E-state index contributed by atoms with van der Waals surface area (Å²) in [6, 6.07) is 7.69. The second-order valence-electron chi connectivity index (χ2n) is 6.86. The molecule has 0 spiro atoms. The molecule has 1 fully saturated rings. The van der Waals surface area contributed by atoms with Crippen LogP contribution in [0.5, 0.6) is 0 Å².